The van der Waals surface area contributed by atoms with Crippen LogP contribution in [0.3, 0.4) is 0 Å². The molecule has 1 N–H and O–H groups in total. The molecule has 3 amide bonds. The predicted octanol–water partition coefficient (Wildman–Crippen LogP) is 2.84. The van der Waals surface area contributed by atoms with Gasteiger partial charge in [-0.05, 0) is 32.0 Å². The van der Waals surface area contributed by atoms with E-state index in [-0.39, 0.29) is 18.7 Å². The highest BCUT2D eigenvalue weighted by atomic mass is 16.6. The molecule has 0 aromatic heterocycles. The molecular formula is C19H17N3O5. The Labute approximate surface area is 154 Å². The van der Waals surface area contributed by atoms with Crippen molar-refractivity contribution in [3.05, 3.63) is 68.8 Å². The molecule has 1 heterocycles. The quantitative estimate of drug-likeness (QED) is 0.496. The summed E-state index contributed by atoms with van der Waals surface area (Å²) in [6.45, 7) is 3.31. The Bertz CT molecular complexity index is 983. The number of nitro groups is 1. The predicted molar refractivity (Wildman–Crippen MR) is 97.6 cm³/mol. The maximum Gasteiger partial charge on any atom is 0.274 e. The normalized spacial score (nSPS) is 12.9. The Morgan fingerprint density at radius 2 is 1.81 bits per heavy atom. The van der Waals surface area contributed by atoms with Crippen LogP contribution in [0.15, 0.2) is 36.4 Å². The van der Waals surface area contributed by atoms with E-state index < -0.39 is 22.6 Å². The van der Waals surface area contributed by atoms with Gasteiger partial charge in [-0.3, -0.25) is 29.4 Å². The summed E-state index contributed by atoms with van der Waals surface area (Å²) in [6.07, 6.45) is -0.105. The molecule has 0 bridgehead atoms. The molecular weight excluding hydrogens is 350 g/mol. The summed E-state index contributed by atoms with van der Waals surface area (Å²) < 4.78 is 0. The van der Waals surface area contributed by atoms with Crippen LogP contribution < -0.4 is 5.32 Å². The summed E-state index contributed by atoms with van der Waals surface area (Å²) in [5.74, 6) is -1.28. The van der Waals surface area contributed by atoms with Gasteiger partial charge in [0.05, 0.1) is 27.3 Å². The maximum atomic E-state index is 12.4. The first-order valence-electron chi connectivity index (χ1n) is 8.30. The lowest BCUT2D eigenvalue weighted by Gasteiger charge is -2.14. The molecule has 27 heavy (non-hydrogen) atoms. The highest BCUT2D eigenvalue weighted by Crippen LogP contribution is 2.26. The van der Waals surface area contributed by atoms with Gasteiger partial charge in [0, 0.05) is 19.0 Å². The van der Waals surface area contributed by atoms with Gasteiger partial charge in [0.1, 0.15) is 0 Å². The van der Waals surface area contributed by atoms with Gasteiger partial charge in [0.15, 0.2) is 0 Å². The molecule has 8 nitrogen and oxygen atoms in total. The molecule has 1 aliphatic heterocycles. The molecule has 0 saturated carbocycles. The Hall–Kier alpha value is -3.55. The van der Waals surface area contributed by atoms with E-state index in [4.69, 9.17) is 0 Å². The van der Waals surface area contributed by atoms with Crippen molar-refractivity contribution in [2.75, 3.05) is 11.9 Å². The van der Waals surface area contributed by atoms with Crippen LogP contribution >= 0.6 is 0 Å². The van der Waals surface area contributed by atoms with Gasteiger partial charge in [-0.15, -0.1) is 0 Å². The third-order valence-corrected chi connectivity index (χ3v) is 4.46. The molecule has 0 radical (unpaired) electrons. The fourth-order valence-electron chi connectivity index (χ4n) is 2.99. The van der Waals surface area contributed by atoms with Crippen molar-refractivity contribution in [3.63, 3.8) is 0 Å². The van der Waals surface area contributed by atoms with E-state index in [9.17, 15) is 24.5 Å². The molecule has 8 heteroatoms. The van der Waals surface area contributed by atoms with E-state index in [0.29, 0.717) is 22.4 Å². The van der Waals surface area contributed by atoms with Gasteiger partial charge >= 0.3 is 0 Å². The number of carbonyl (C=O) groups is 3. The van der Waals surface area contributed by atoms with E-state index in [0.717, 1.165) is 10.5 Å². The van der Waals surface area contributed by atoms with Gasteiger partial charge in [0.25, 0.3) is 17.5 Å². The van der Waals surface area contributed by atoms with Gasteiger partial charge in [-0.25, -0.2) is 0 Å². The highest BCUT2D eigenvalue weighted by molar-refractivity contribution is 6.21. The number of imide groups is 1. The topological polar surface area (TPSA) is 110 Å². The number of amides is 3. The number of hydrogen-bond acceptors (Lipinski definition) is 5. The second-order valence-electron chi connectivity index (χ2n) is 6.32. The molecule has 2 aromatic rings. The number of carbonyl (C=O) groups excluding carboxylic acids is 3. The minimum Gasteiger partial charge on any atom is -0.326 e. The zero-order valence-corrected chi connectivity index (χ0v) is 14.8. The maximum absolute atomic E-state index is 12.4. The number of rotatable bonds is 5. The van der Waals surface area contributed by atoms with Crippen LogP contribution in [-0.2, 0) is 4.79 Å². The number of nitrogens with one attached hydrogen (secondary N) is 1. The number of nitrogens with zero attached hydrogens (tertiary/aromatic N) is 2. The second-order valence-corrected chi connectivity index (χ2v) is 6.32. The van der Waals surface area contributed by atoms with Crippen LogP contribution in [-0.4, -0.2) is 34.1 Å². The van der Waals surface area contributed by atoms with Crippen LogP contribution in [0.5, 0.6) is 0 Å². The van der Waals surface area contributed by atoms with Crippen molar-refractivity contribution >= 4 is 29.1 Å². The number of benzene rings is 2. The van der Waals surface area contributed by atoms with Gasteiger partial charge in [0.2, 0.25) is 5.91 Å². The first kappa shape index (κ1) is 18.2. The van der Waals surface area contributed by atoms with Crippen molar-refractivity contribution in [2.45, 2.75) is 20.3 Å². The number of aryl methyl sites for hydroxylation is 1. The Kier molecular flexibility index (Phi) is 4.72. The molecule has 0 unspecified atom stereocenters. The van der Waals surface area contributed by atoms with Crippen LogP contribution in [0.4, 0.5) is 11.4 Å². The zero-order chi connectivity index (χ0) is 19.7. The smallest absolute Gasteiger partial charge is 0.274 e. The van der Waals surface area contributed by atoms with Crippen molar-refractivity contribution in [3.8, 4) is 0 Å². The van der Waals surface area contributed by atoms with E-state index >= 15 is 0 Å². The summed E-state index contributed by atoms with van der Waals surface area (Å²) in [5.41, 5.74) is 2.12. The zero-order valence-electron chi connectivity index (χ0n) is 14.8. The molecule has 138 valence electrons. The minimum atomic E-state index is -0.522. The summed E-state index contributed by atoms with van der Waals surface area (Å²) in [5, 5.41) is 13.6. The fraction of sp³-hybridized carbons (Fsp3) is 0.211. The van der Waals surface area contributed by atoms with E-state index in [1.54, 1.807) is 31.2 Å². The molecule has 0 fully saturated rings. The number of fused-ring (bicyclic) bond motifs is 1. The number of anilines is 1. The molecule has 0 aliphatic carbocycles. The van der Waals surface area contributed by atoms with Crippen molar-refractivity contribution < 1.29 is 19.3 Å². The van der Waals surface area contributed by atoms with Crippen LogP contribution in [0.25, 0.3) is 0 Å². The average Bonchev–Trinajstić information content (AvgIpc) is 2.85. The SMILES string of the molecule is Cc1ccc2c(c1)C(=O)N(CCC(=O)Nc1cccc([N+](=O)[O-])c1C)C2=O. The van der Waals surface area contributed by atoms with Crippen molar-refractivity contribution in [2.24, 2.45) is 0 Å². The summed E-state index contributed by atoms with van der Waals surface area (Å²) in [4.78, 5) is 48.5. The Morgan fingerprint density at radius 3 is 2.52 bits per heavy atom. The molecule has 1 aliphatic rings. The van der Waals surface area contributed by atoms with Crippen LogP contribution in [0, 0.1) is 24.0 Å². The number of nitro benzene ring substituents is 1. The number of hydrogen-bond donors (Lipinski definition) is 1. The van der Waals surface area contributed by atoms with Crippen molar-refractivity contribution in [1.29, 1.82) is 0 Å². The van der Waals surface area contributed by atoms with Gasteiger partial charge < -0.3 is 5.32 Å². The lowest BCUT2D eigenvalue weighted by Crippen LogP contribution is -2.32. The first-order valence-corrected chi connectivity index (χ1v) is 8.30. The molecule has 0 atom stereocenters. The highest BCUT2D eigenvalue weighted by Gasteiger charge is 2.35. The fourth-order valence-corrected chi connectivity index (χ4v) is 2.99. The summed E-state index contributed by atoms with van der Waals surface area (Å²) >= 11 is 0. The summed E-state index contributed by atoms with van der Waals surface area (Å²) in [7, 11) is 0. The summed E-state index contributed by atoms with van der Waals surface area (Å²) in [6, 6.07) is 9.41. The average molecular weight is 367 g/mol. The molecule has 0 spiro atoms. The van der Waals surface area contributed by atoms with E-state index in [1.807, 2.05) is 6.92 Å². The largest absolute Gasteiger partial charge is 0.326 e. The first-order chi connectivity index (χ1) is 12.8. The van der Waals surface area contributed by atoms with Gasteiger partial charge in [-0.2, -0.15) is 0 Å². The monoisotopic (exact) mass is 367 g/mol. The molecule has 3 rings (SSSR count). The minimum absolute atomic E-state index is 0.0643. The lowest BCUT2D eigenvalue weighted by atomic mass is 10.1. The van der Waals surface area contributed by atoms with E-state index in [1.165, 1.54) is 12.1 Å². The Morgan fingerprint density at radius 1 is 1.11 bits per heavy atom. The van der Waals surface area contributed by atoms with E-state index in [2.05, 4.69) is 5.32 Å². The van der Waals surface area contributed by atoms with Crippen LogP contribution in [0.2, 0.25) is 0 Å². The lowest BCUT2D eigenvalue weighted by molar-refractivity contribution is -0.385. The molecule has 2 aromatic carbocycles. The third-order valence-electron chi connectivity index (χ3n) is 4.46. The second kappa shape index (κ2) is 6.99. The Balaban J connectivity index is 1.67. The van der Waals surface area contributed by atoms with Crippen LogP contribution in [0.1, 0.15) is 38.3 Å². The standard InChI is InChI=1S/C19H17N3O5/c1-11-6-7-13-14(10-11)19(25)21(18(13)24)9-8-17(23)20-15-4-3-5-16(12(15)2)22(26)27/h3-7,10H,8-9H2,1-2H3,(H,20,23). The molecule has 0 saturated heterocycles. The third kappa shape index (κ3) is 3.41. The van der Waals surface area contributed by atoms with Gasteiger partial charge in [-0.1, -0.05) is 17.7 Å². The van der Waals surface area contributed by atoms with Crippen molar-refractivity contribution in [1.82, 2.24) is 4.90 Å².